The van der Waals surface area contributed by atoms with Gasteiger partial charge in [-0.25, -0.2) is 0 Å². The molecule has 0 saturated heterocycles. The molecule has 3 nitrogen and oxygen atoms in total. The van der Waals surface area contributed by atoms with E-state index in [0.29, 0.717) is 0 Å². The standard InChI is InChI=1S/C36H26BN3/c1-23-15-17-38-33(19-23)25-11-13-29-27-7-3-5-9-31(27)37-32-10-6-4-8-28(32)30-14-12-26(34-20-24(2)16-18-39-34)22-36(30)40(37)35(29)21-25/h3-22H,1-2H3. The van der Waals surface area contributed by atoms with Gasteiger partial charge in [-0.15, -0.1) is 0 Å². The zero-order valence-corrected chi connectivity index (χ0v) is 22.5. The van der Waals surface area contributed by atoms with E-state index in [1.54, 1.807) is 0 Å². The molecule has 2 aliphatic heterocycles. The molecule has 40 heavy (non-hydrogen) atoms. The van der Waals surface area contributed by atoms with Crippen LogP contribution in [0.1, 0.15) is 11.1 Å². The van der Waals surface area contributed by atoms with E-state index >= 15 is 0 Å². The summed E-state index contributed by atoms with van der Waals surface area (Å²) < 4.78 is 0. The highest BCUT2D eigenvalue weighted by Crippen LogP contribution is 2.47. The summed E-state index contributed by atoms with van der Waals surface area (Å²) in [4.78, 5) is 12.0. The molecule has 0 unspecified atom stereocenters. The number of hydrogen-bond acceptors (Lipinski definition) is 3. The van der Waals surface area contributed by atoms with E-state index in [2.05, 4.69) is 116 Å². The van der Waals surface area contributed by atoms with E-state index < -0.39 is 0 Å². The van der Waals surface area contributed by atoms with Crippen LogP contribution in [0.4, 0.5) is 11.4 Å². The molecule has 8 rings (SSSR count). The molecule has 2 aliphatic rings. The van der Waals surface area contributed by atoms with Crippen molar-refractivity contribution in [3.8, 4) is 44.8 Å². The van der Waals surface area contributed by atoms with Crippen LogP contribution in [0.25, 0.3) is 44.8 Å². The number of benzene rings is 4. The maximum absolute atomic E-state index is 4.72. The minimum absolute atomic E-state index is 0.0637. The van der Waals surface area contributed by atoms with Crippen molar-refractivity contribution < 1.29 is 0 Å². The Morgan fingerprint density at radius 1 is 0.500 bits per heavy atom. The van der Waals surface area contributed by atoms with E-state index in [4.69, 9.17) is 9.97 Å². The van der Waals surface area contributed by atoms with Crippen molar-refractivity contribution >= 4 is 29.1 Å². The van der Waals surface area contributed by atoms with Gasteiger partial charge < -0.3 is 4.81 Å². The maximum atomic E-state index is 4.72. The quantitative estimate of drug-likeness (QED) is 0.228. The summed E-state index contributed by atoms with van der Waals surface area (Å²) in [6.07, 6.45) is 3.80. The zero-order valence-electron chi connectivity index (χ0n) is 22.5. The van der Waals surface area contributed by atoms with Crippen LogP contribution in [0.15, 0.2) is 122 Å². The van der Waals surface area contributed by atoms with Crippen LogP contribution >= 0.6 is 0 Å². The lowest BCUT2D eigenvalue weighted by molar-refractivity contribution is 1.27. The SMILES string of the molecule is Cc1ccnc(-c2ccc3c(c2)N2B(c4ccccc4-3)c3ccccc3-c3ccc(-c4cc(C)ccn4)cc32)c1. The lowest BCUT2D eigenvalue weighted by Gasteiger charge is -2.43. The van der Waals surface area contributed by atoms with Crippen LogP contribution in [-0.4, -0.2) is 16.8 Å². The lowest BCUT2D eigenvalue weighted by atomic mass is 9.43. The predicted octanol–water partition coefficient (Wildman–Crippen LogP) is 7.33. The number of aromatic nitrogens is 2. The summed E-state index contributed by atoms with van der Waals surface area (Å²) in [5.41, 5.74) is 16.8. The minimum atomic E-state index is 0.0637. The van der Waals surface area contributed by atoms with Gasteiger partial charge in [0.05, 0.1) is 11.4 Å². The molecular weight excluding hydrogens is 485 g/mol. The highest BCUT2D eigenvalue weighted by molar-refractivity contribution is 6.92. The fourth-order valence-electron chi connectivity index (χ4n) is 6.44. The number of anilines is 2. The number of hydrogen-bond donors (Lipinski definition) is 0. The Morgan fingerprint density at radius 3 is 1.45 bits per heavy atom. The van der Waals surface area contributed by atoms with Crippen LogP contribution in [0, 0.1) is 13.8 Å². The molecular formula is C36H26BN3. The molecule has 0 atom stereocenters. The number of rotatable bonds is 2. The van der Waals surface area contributed by atoms with E-state index in [-0.39, 0.29) is 6.85 Å². The highest BCUT2D eigenvalue weighted by atomic mass is 15.1. The number of fused-ring (bicyclic) bond motifs is 11. The smallest absolute Gasteiger partial charge is 0.329 e. The summed E-state index contributed by atoms with van der Waals surface area (Å²) in [7, 11) is 0. The van der Waals surface area contributed by atoms with Gasteiger partial charge in [-0.05, 0) is 83.4 Å². The van der Waals surface area contributed by atoms with Gasteiger partial charge in [-0.1, -0.05) is 72.8 Å². The first-order valence-corrected chi connectivity index (χ1v) is 13.8. The van der Waals surface area contributed by atoms with Gasteiger partial charge in [-0.3, -0.25) is 9.97 Å². The first kappa shape index (κ1) is 23.0. The van der Waals surface area contributed by atoms with Gasteiger partial charge in [0, 0.05) is 46.0 Å². The molecule has 0 spiro atoms. The monoisotopic (exact) mass is 511 g/mol. The first-order valence-electron chi connectivity index (χ1n) is 13.8. The van der Waals surface area contributed by atoms with Gasteiger partial charge in [0.15, 0.2) is 0 Å². The Morgan fingerprint density at radius 2 is 0.975 bits per heavy atom. The lowest BCUT2D eigenvalue weighted by Crippen LogP contribution is -2.59. The number of pyridine rings is 2. The molecule has 6 aromatic rings. The Hall–Kier alpha value is -4.96. The predicted molar refractivity (Wildman–Crippen MR) is 167 cm³/mol. The van der Waals surface area contributed by atoms with Gasteiger partial charge in [0.1, 0.15) is 0 Å². The molecule has 4 heteroatoms. The van der Waals surface area contributed by atoms with E-state index in [9.17, 15) is 0 Å². The van der Waals surface area contributed by atoms with E-state index in [1.165, 1.54) is 55.7 Å². The van der Waals surface area contributed by atoms with Crippen LogP contribution in [0.3, 0.4) is 0 Å². The van der Waals surface area contributed by atoms with Crippen LogP contribution in [0.2, 0.25) is 0 Å². The fourth-order valence-corrected chi connectivity index (χ4v) is 6.44. The molecule has 2 aromatic heterocycles. The van der Waals surface area contributed by atoms with Crippen molar-refractivity contribution in [1.29, 1.82) is 0 Å². The third-order valence-electron chi connectivity index (χ3n) is 8.29. The van der Waals surface area contributed by atoms with E-state index in [0.717, 1.165) is 22.5 Å². The van der Waals surface area contributed by atoms with Crippen LogP contribution in [-0.2, 0) is 0 Å². The average molecular weight is 511 g/mol. The van der Waals surface area contributed by atoms with Gasteiger partial charge >= 0.3 is 6.85 Å². The third-order valence-corrected chi connectivity index (χ3v) is 8.29. The summed E-state index contributed by atoms with van der Waals surface area (Å²) in [5.74, 6) is 0. The fraction of sp³-hybridized carbons (Fsp3) is 0.0556. The average Bonchev–Trinajstić information content (AvgIpc) is 3.00. The van der Waals surface area contributed by atoms with Crippen molar-refractivity contribution in [2.24, 2.45) is 0 Å². The molecule has 0 bridgehead atoms. The Labute approximate surface area is 234 Å². The minimum Gasteiger partial charge on any atom is -0.376 e. The van der Waals surface area contributed by atoms with Gasteiger partial charge in [0.2, 0.25) is 0 Å². The maximum Gasteiger partial charge on any atom is 0.329 e. The van der Waals surface area contributed by atoms with Crippen LogP contribution in [0.5, 0.6) is 0 Å². The van der Waals surface area contributed by atoms with Gasteiger partial charge in [0.25, 0.3) is 0 Å². The van der Waals surface area contributed by atoms with Crippen molar-refractivity contribution in [1.82, 2.24) is 9.97 Å². The molecule has 0 N–H and O–H groups in total. The zero-order chi connectivity index (χ0) is 26.8. The molecule has 0 saturated carbocycles. The highest BCUT2D eigenvalue weighted by Gasteiger charge is 2.42. The molecule has 0 radical (unpaired) electrons. The third kappa shape index (κ3) is 3.46. The molecule has 188 valence electrons. The second-order valence-corrected chi connectivity index (χ2v) is 10.8. The van der Waals surface area contributed by atoms with Crippen LogP contribution < -0.4 is 15.7 Å². The Balaban J connectivity index is 1.43. The second-order valence-electron chi connectivity index (χ2n) is 10.8. The Kier molecular flexibility index (Phi) is 5.05. The first-order chi connectivity index (χ1) is 19.7. The van der Waals surface area contributed by atoms with Crippen molar-refractivity contribution in [2.75, 3.05) is 4.81 Å². The van der Waals surface area contributed by atoms with Crippen molar-refractivity contribution in [3.05, 3.63) is 133 Å². The number of aryl methyl sites for hydroxylation is 2. The van der Waals surface area contributed by atoms with Crippen molar-refractivity contribution in [2.45, 2.75) is 13.8 Å². The normalized spacial score (nSPS) is 12.7. The molecule has 0 aliphatic carbocycles. The topological polar surface area (TPSA) is 29.0 Å². The summed E-state index contributed by atoms with van der Waals surface area (Å²) >= 11 is 0. The van der Waals surface area contributed by atoms with Gasteiger partial charge in [-0.2, -0.15) is 0 Å². The molecule has 4 aromatic carbocycles. The molecule has 0 amide bonds. The summed E-state index contributed by atoms with van der Waals surface area (Å²) in [5, 5.41) is 0. The summed E-state index contributed by atoms with van der Waals surface area (Å²) in [6.45, 7) is 4.30. The number of nitrogens with zero attached hydrogens (tertiary/aromatic N) is 3. The van der Waals surface area contributed by atoms with Crippen molar-refractivity contribution in [3.63, 3.8) is 0 Å². The molecule has 0 fully saturated rings. The summed E-state index contributed by atoms with van der Waals surface area (Å²) in [6, 6.07) is 39.8. The Bertz CT molecular complexity index is 1820. The van der Waals surface area contributed by atoms with E-state index in [1.807, 2.05) is 24.5 Å². The largest absolute Gasteiger partial charge is 0.376 e. The molecule has 4 heterocycles. The second kappa shape index (κ2) is 8.79.